The monoisotopic (exact) mass is 394 g/mol. The van der Waals surface area contributed by atoms with Crippen LogP contribution in [0.5, 0.6) is 0 Å². The van der Waals surface area contributed by atoms with Crippen molar-refractivity contribution in [3.63, 3.8) is 0 Å². The van der Waals surface area contributed by atoms with Gasteiger partial charge in [0.2, 0.25) is 5.91 Å². The van der Waals surface area contributed by atoms with E-state index in [1.165, 1.54) is 17.3 Å². The molecule has 6 heteroatoms. The van der Waals surface area contributed by atoms with Crippen LogP contribution in [0.15, 0.2) is 53.7 Å². The largest absolute Gasteiger partial charge is 0.325 e. The smallest absolute Gasteiger partial charge is 0.234 e. The Kier molecular flexibility index (Phi) is 5.89. The van der Waals surface area contributed by atoms with Crippen molar-refractivity contribution in [2.24, 2.45) is 0 Å². The second-order valence-corrected chi connectivity index (χ2v) is 8.76. The van der Waals surface area contributed by atoms with Crippen LogP contribution in [-0.4, -0.2) is 26.4 Å². The van der Waals surface area contributed by atoms with E-state index in [1.54, 1.807) is 0 Å². The van der Waals surface area contributed by atoms with Crippen LogP contribution < -0.4 is 5.32 Å². The van der Waals surface area contributed by atoms with Crippen molar-refractivity contribution in [1.82, 2.24) is 14.8 Å². The average Bonchev–Trinajstić information content (AvgIpc) is 3.00. The molecule has 0 aliphatic heterocycles. The molecule has 1 amide bonds. The van der Waals surface area contributed by atoms with E-state index in [4.69, 9.17) is 0 Å². The molecule has 0 saturated carbocycles. The van der Waals surface area contributed by atoms with Gasteiger partial charge in [0.1, 0.15) is 5.82 Å². The fourth-order valence-electron chi connectivity index (χ4n) is 2.91. The molecule has 5 nitrogen and oxygen atoms in total. The summed E-state index contributed by atoms with van der Waals surface area (Å²) in [7, 11) is 0. The van der Waals surface area contributed by atoms with Gasteiger partial charge in [0.15, 0.2) is 5.16 Å². The van der Waals surface area contributed by atoms with Gasteiger partial charge >= 0.3 is 0 Å². The minimum absolute atomic E-state index is 0.0644. The Bertz CT molecular complexity index is 971. The number of rotatable bonds is 5. The molecule has 146 valence electrons. The van der Waals surface area contributed by atoms with Gasteiger partial charge in [-0.3, -0.25) is 9.36 Å². The van der Waals surface area contributed by atoms with Gasteiger partial charge in [-0.05, 0) is 48.6 Å². The van der Waals surface area contributed by atoms with Crippen LogP contribution in [0.4, 0.5) is 5.69 Å². The lowest BCUT2D eigenvalue weighted by Gasteiger charge is -2.19. The number of nitrogens with one attached hydrogen (secondary N) is 1. The maximum atomic E-state index is 12.4. The molecular weight excluding hydrogens is 368 g/mol. The topological polar surface area (TPSA) is 59.8 Å². The minimum Gasteiger partial charge on any atom is -0.325 e. The molecule has 0 aliphatic rings. The van der Waals surface area contributed by atoms with Crippen molar-refractivity contribution in [3.05, 3.63) is 65.5 Å². The molecule has 0 bridgehead atoms. The molecule has 0 fully saturated rings. The zero-order valence-electron chi connectivity index (χ0n) is 17.0. The van der Waals surface area contributed by atoms with E-state index >= 15 is 0 Å². The highest BCUT2D eigenvalue weighted by molar-refractivity contribution is 7.99. The van der Waals surface area contributed by atoms with Crippen molar-refractivity contribution in [2.45, 2.75) is 45.2 Å². The Balaban J connectivity index is 1.67. The molecule has 0 aliphatic carbocycles. The molecule has 0 spiro atoms. The van der Waals surface area contributed by atoms with E-state index in [1.807, 2.05) is 41.8 Å². The Morgan fingerprint density at radius 1 is 1.04 bits per heavy atom. The van der Waals surface area contributed by atoms with Crippen molar-refractivity contribution in [1.29, 1.82) is 0 Å². The van der Waals surface area contributed by atoms with Crippen LogP contribution in [0, 0.1) is 13.8 Å². The fourth-order valence-corrected chi connectivity index (χ4v) is 3.70. The van der Waals surface area contributed by atoms with Crippen LogP contribution in [0.2, 0.25) is 0 Å². The third-order valence-corrected chi connectivity index (χ3v) is 5.45. The number of benzene rings is 2. The van der Waals surface area contributed by atoms with Gasteiger partial charge in [-0.1, -0.05) is 62.9 Å². The summed E-state index contributed by atoms with van der Waals surface area (Å²) in [4.78, 5) is 12.4. The lowest BCUT2D eigenvalue weighted by molar-refractivity contribution is -0.113. The zero-order chi connectivity index (χ0) is 20.3. The molecule has 0 saturated heterocycles. The summed E-state index contributed by atoms with van der Waals surface area (Å²) in [6.45, 7) is 10.5. The predicted molar refractivity (Wildman–Crippen MR) is 115 cm³/mol. The number of amides is 1. The fraction of sp³-hybridized carbons (Fsp3) is 0.318. The lowest BCUT2D eigenvalue weighted by Crippen LogP contribution is -2.15. The highest BCUT2D eigenvalue weighted by Crippen LogP contribution is 2.25. The lowest BCUT2D eigenvalue weighted by atomic mass is 9.87. The minimum atomic E-state index is -0.0644. The third-order valence-electron chi connectivity index (χ3n) is 4.52. The quantitative estimate of drug-likeness (QED) is 0.625. The summed E-state index contributed by atoms with van der Waals surface area (Å²) in [5.74, 6) is 1.01. The third kappa shape index (κ3) is 4.62. The first-order valence-corrected chi connectivity index (χ1v) is 10.3. The Labute approximate surface area is 170 Å². The standard InChI is InChI=1S/C22H26N4OS/c1-15-8-6-7-9-19(15)26-16(2)24-25-21(26)28-14-20(27)23-18-12-10-17(11-13-18)22(3,4)5/h6-13H,14H2,1-5H3,(H,23,27). The Morgan fingerprint density at radius 3 is 2.36 bits per heavy atom. The number of aryl methyl sites for hydroxylation is 2. The normalized spacial score (nSPS) is 11.5. The molecule has 1 aromatic heterocycles. The van der Waals surface area contributed by atoms with Crippen LogP contribution >= 0.6 is 11.8 Å². The second kappa shape index (κ2) is 8.19. The Morgan fingerprint density at radius 2 is 1.71 bits per heavy atom. The summed E-state index contributed by atoms with van der Waals surface area (Å²) >= 11 is 1.38. The van der Waals surface area contributed by atoms with E-state index < -0.39 is 0 Å². The maximum absolute atomic E-state index is 12.4. The van der Waals surface area contributed by atoms with Crippen molar-refractivity contribution in [3.8, 4) is 5.69 Å². The highest BCUT2D eigenvalue weighted by Gasteiger charge is 2.16. The Hall–Kier alpha value is -2.60. The molecule has 0 radical (unpaired) electrons. The van der Waals surface area contributed by atoms with Gasteiger partial charge in [-0.2, -0.15) is 0 Å². The zero-order valence-corrected chi connectivity index (χ0v) is 17.8. The van der Waals surface area contributed by atoms with Gasteiger partial charge < -0.3 is 5.32 Å². The van der Waals surface area contributed by atoms with Gasteiger partial charge in [0.05, 0.1) is 11.4 Å². The molecule has 3 rings (SSSR count). The number of aromatic nitrogens is 3. The first kappa shape index (κ1) is 20.1. The first-order chi connectivity index (χ1) is 13.3. The summed E-state index contributed by atoms with van der Waals surface area (Å²) in [5, 5.41) is 12.1. The highest BCUT2D eigenvalue weighted by atomic mass is 32.2. The van der Waals surface area contributed by atoms with E-state index in [-0.39, 0.29) is 17.1 Å². The van der Waals surface area contributed by atoms with Crippen molar-refractivity contribution >= 4 is 23.4 Å². The van der Waals surface area contributed by atoms with Crippen LogP contribution in [0.3, 0.4) is 0 Å². The second-order valence-electron chi connectivity index (χ2n) is 7.82. The van der Waals surface area contributed by atoms with Crippen LogP contribution in [0.25, 0.3) is 5.69 Å². The number of thioether (sulfide) groups is 1. The molecule has 0 atom stereocenters. The van der Waals surface area contributed by atoms with Gasteiger partial charge in [0.25, 0.3) is 0 Å². The average molecular weight is 395 g/mol. The van der Waals surface area contributed by atoms with Crippen molar-refractivity contribution < 1.29 is 4.79 Å². The van der Waals surface area contributed by atoms with Gasteiger partial charge in [0, 0.05) is 5.69 Å². The van der Waals surface area contributed by atoms with E-state index in [0.717, 1.165) is 22.8 Å². The number of carbonyl (C=O) groups is 1. The molecule has 3 aromatic rings. The summed E-state index contributed by atoms with van der Waals surface area (Å²) in [6, 6.07) is 16.1. The number of hydrogen-bond acceptors (Lipinski definition) is 4. The van der Waals surface area contributed by atoms with E-state index in [0.29, 0.717) is 5.16 Å². The molecular formula is C22H26N4OS. The first-order valence-electron chi connectivity index (χ1n) is 9.27. The SMILES string of the molecule is Cc1ccccc1-n1c(C)nnc1SCC(=O)Nc1ccc(C(C)(C)C)cc1. The molecule has 1 heterocycles. The number of anilines is 1. The number of carbonyl (C=O) groups excluding carboxylic acids is 1. The summed E-state index contributed by atoms with van der Waals surface area (Å²) in [6.07, 6.45) is 0. The molecule has 0 unspecified atom stereocenters. The number of nitrogens with zero attached hydrogens (tertiary/aromatic N) is 3. The molecule has 28 heavy (non-hydrogen) atoms. The number of hydrogen-bond donors (Lipinski definition) is 1. The van der Waals surface area contributed by atoms with Crippen LogP contribution in [0.1, 0.15) is 37.7 Å². The molecule has 2 aromatic carbocycles. The molecule has 1 N–H and O–H groups in total. The summed E-state index contributed by atoms with van der Waals surface area (Å²) < 4.78 is 1.99. The predicted octanol–water partition coefficient (Wildman–Crippen LogP) is 4.91. The van der Waals surface area contributed by atoms with Crippen LogP contribution in [-0.2, 0) is 10.2 Å². The summed E-state index contributed by atoms with van der Waals surface area (Å²) in [5.41, 5.74) is 4.30. The van der Waals surface area contributed by atoms with E-state index in [9.17, 15) is 4.79 Å². The van der Waals surface area contributed by atoms with Gasteiger partial charge in [-0.25, -0.2) is 0 Å². The van der Waals surface area contributed by atoms with Crippen molar-refractivity contribution in [2.75, 3.05) is 11.1 Å². The van der Waals surface area contributed by atoms with Gasteiger partial charge in [-0.15, -0.1) is 10.2 Å². The van der Waals surface area contributed by atoms with E-state index in [2.05, 4.69) is 61.4 Å². The number of para-hydroxylation sites is 1. The maximum Gasteiger partial charge on any atom is 0.234 e.